The average Bonchev–Trinajstić information content (AvgIpc) is 2.20. The van der Waals surface area contributed by atoms with Gasteiger partial charge in [-0.2, -0.15) is 0 Å². The number of aliphatic hydroxyl groups excluding tert-OH is 2. The molecule has 1 aromatic carbocycles. The summed E-state index contributed by atoms with van der Waals surface area (Å²) >= 11 is 5.73. The van der Waals surface area contributed by atoms with Crippen LogP contribution in [0.4, 0.5) is 0 Å². The summed E-state index contributed by atoms with van der Waals surface area (Å²) in [6, 6.07) is 7.28. The zero-order valence-corrected chi connectivity index (χ0v) is 8.70. The molecule has 0 saturated heterocycles. The van der Waals surface area contributed by atoms with Crippen molar-refractivity contribution in [2.75, 3.05) is 6.61 Å². The lowest BCUT2D eigenvalue weighted by atomic mass is 10.1. The van der Waals surface area contributed by atoms with Gasteiger partial charge in [0.1, 0.15) is 0 Å². The molecule has 0 bridgehead atoms. The van der Waals surface area contributed by atoms with Crippen molar-refractivity contribution >= 4 is 17.7 Å². The van der Waals surface area contributed by atoms with E-state index in [1.54, 1.807) is 19.1 Å². The molecule has 0 aliphatic carbocycles. The van der Waals surface area contributed by atoms with Crippen molar-refractivity contribution in [1.82, 2.24) is 0 Å². The maximum absolute atomic E-state index is 9.30. The molecule has 76 valence electrons. The van der Waals surface area contributed by atoms with Crippen LogP contribution in [0.3, 0.4) is 0 Å². The molecule has 1 aromatic rings. The minimum absolute atomic E-state index is 0.254. The number of hydrogen-bond acceptors (Lipinski definition) is 2. The molecular weight excluding hydrogens is 200 g/mol. The molecule has 0 heterocycles. The number of benzene rings is 1. The normalized spacial score (nSPS) is 14.1. The topological polar surface area (TPSA) is 40.5 Å². The molecule has 0 aliphatic rings. The van der Waals surface area contributed by atoms with Gasteiger partial charge in [0, 0.05) is 5.02 Å². The standard InChI is InChI=1S/C11H13ClO2/c1-8(11(14)7-13)6-9-2-4-10(12)5-3-9/h2-6,11,13-14H,7H2,1H3/b8-6+. The Morgan fingerprint density at radius 3 is 2.50 bits per heavy atom. The van der Waals surface area contributed by atoms with Crippen LogP contribution in [0.25, 0.3) is 6.08 Å². The maximum atomic E-state index is 9.30. The highest BCUT2D eigenvalue weighted by atomic mass is 35.5. The van der Waals surface area contributed by atoms with Crippen LogP contribution in [0, 0.1) is 0 Å². The highest BCUT2D eigenvalue weighted by Gasteiger charge is 2.03. The number of hydrogen-bond donors (Lipinski definition) is 2. The van der Waals surface area contributed by atoms with Crippen LogP contribution in [-0.2, 0) is 0 Å². The molecule has 0 aromatic heterocycles. The van der Waals surface area contributed by atoms with Crippen molar-refractivity contribution in [3.63, 3.8) is 0 Å². The van der Waals surface area contributed by atoms with Gasteiger partial charge in [-0.3, -0.25) is 0 Å². The zero-order chi connectivity index (χ0) is 10.6. The fraction of sp³-hybridized carbons (Fsp3) is 0.273. The Balaban J connectivity index is 2.81. The molecule has 2 N–H and O–H groups in total. The molecule has 0 aliphatic heterocycles. The van der Waals surface area contributed by atoms with Gasteiger partial charge in [0.15, 0.2) is 0 Å². The summed E-state index contributed by atoms with van der Waals surface area (Å²) in [4.78, 5) is 0. The quantitative estimate of drug-likeness (QED) is 0.806. The van der Waals surface area contributed by atoms with Gasteiger partial charge >= 0.3 is 0 Å². The van der Waals surface area contributed by atoms with Gasteiger partial charge in [-0.25, -0.2) is 0 Å². The first kappa shape index (κ1) is 11.2. The van der Waals surface area contributed by atoms with Gasteiger partial charge in [-0.1, -0.05) is 29.8 Å². The number of rotatable bonds is 3. The lowest BCUT2D eigenvalue weighted by molar-refractivity contribution is 0.123. The van der Waals surface area contributed by atoms with E-state index in [1.165, 1.54) is 0 Å². The summed E-state index contributed by atoms with van der Waals surface area (Å²) in [5.74, 6) is 0. The summed E-state index contributed by atoms with van der Waals surface area (Å²) in [7, 11) is 0. The Morgan fingerprint density at radius 2 is 2.00 bits per heavy atom. The van der Waals surface area contributed by atoms with Crippen molar-refractivity contribution in [1.29, 1.82) is 0 Å². The number of aliphatic hydroxyl groups is 2. The second-order valence-electron chi connectivity index (χ2n) is 3.14. The zero-order valence-electron chi connectivity index (χ0n) is 7.94. The molecule has 0 amide bonds. The van der Waals surface area contributed by atoms with E-state index in [2.05, 4.69) is 0 Å². The molecule has 14 heavy (non-hydrogen) atoms. The van der Waals surface area contributed by atoms with Crippen LogP contribution >= 0.6 is 11.6 Å². The molecule has 2 nitrogen and oxygen atoms in total. The highest BCUT2D eigenvalue weighted by molar-refractivity contribution is 6.30. The van der Waals surface area contributed by atoms with Crippen LogP contribution < -0.4 is 0 Å². The predicted octanol–water partition coefficient (Wildman–Crippen LogP) is 2.10. The summed E-state index contributed by atoms with van der Waals surface area (Å²) < 4.78 is 0. The molecular formula is C11H13ClO2. The van der Waals surface area contributed by atoms with Crippen molar-refractivity contribution < 1.29 is 10.2 Å². The van der Waals surface area contributed by atoms with Gasteiger partial charge in [-0.15, -0.1) is 0 Å². The van der Waals surface area contributed by atoms with Crippen LogP contribution in [0.1, 0.15) is 12.5 Å². The fourth-order valence-corrected chi connectivity index (χ4v) is 1.19. The van der Waals surface area contributed by atoms with E-state index in [0.29, 0.717) is 5.02 Å². The Labute approximate surface area is 88.5 Å². The van der Waals surface area contributed by atoms with Gasteiger partial charge in [0.2, 0.25) is 0 Å². The monoisotopic (exact) mass is 212 g/mol. The summed E-state index contributed by atoms with van der Waals surface area (Å²) in [6.45, 7) is 1.52. The van der Waals surface area contributed by atoms with Gasteiger partial charge in [-0.05, 0) is 30.2 Å². The largest absolute Gasteiger partial charge is 0.393 e. The Kier molecular flexibility index (Phi) is 4.14. The Morgan fingerprint density at radius 1 is 1.43 bits per heavy atom. The lowest BCUT2D eigenvalue weighted by Gasteiger charge is -2.07. The highest BCUT2D eigenvalue weighted by Crippen LogP contribution is 2.13. The number of halogens is 1. The van der Waals surface area contributed by atoms with Crippen LogP contribution in [-0.4, -0.2) is 22.9 Å². The Bertz CT molecular complexity index is 317. The van der Waals surface area contributed by atoms with E-state index in [-0.39, 0.29) is 6.61 Å². The van der Waals surface area contributed by atoms with E-state index in [0.717, 1.165) is 11.1 Å². The van der Waals surface area contributed by atoms with Gasteiger partial charge < -0.3 is 10.2 Å². The van der Waals surface area contributed by atoms with E-state index >= 15 is 0 Å². The third-order valence-electron chi connectivity index (χ3n) is 1.96. The maximum Gasteiger partial charge on any atom is 0.0981 e. The molecule has 0 radical (unpaired) electrons. The van der Waals surface area contributed by atoms with Crippen molar-refractivity contribution in [3.8, 4) is 0 Å². The minimum Gasteiger partial charge on any atom is -0.393 e. The van der Waals surface area contributed by atoms with Crippen molar-refractivity contribution in [2.24, 2.45) is 0 Å². The molecule has 0 fully saturated rings. The first-order valence-corrected chi connectivity index (χ1v) is 4.74. The van der Waals surface area contributed by atoms with Gasteiger partial charge in [0.05, 0.1) is 12.7 Å². The van der Waals surface area contributed by atoms with Crippen LogP contribution in [0.2, 0.25) is 5.02 Å². The third-order valence-corrected chi connectivity index (χ3v) is 2.21. The second kappa shape index (κ2) is 5.15. The molecule has 0 spiro atoms. The second-order valence-corrected chi connectivity index (χ2v) is 3.57. The van der Waals surface area contributed by atoms with Crippen LogP contribution in [0.5, 0.6) is 0 Å². The fourth-order valence-electron chi connectivity index (χ4n) is 1.06. The molecule has 1 atom stereocenters. The predicted molar refractivity (Wildman–Crippen MR) is 58.2 cm³/mol. The summed E-state index contributed by atoms with van der Waals surface area (Å²) in [5, 5.41) is 18.7. The molecule has 1 unspecified atom stereocenters. The SMILES string of the molecule is C/C(=C\c1ccc(Cl)cc1)C(O)CO. The van der Waals surface area contributed by atoms with Crippen LogP contribution in [0.15, 0.2) is 29.8 Å². The third kappa shape index (κ3) is 3.14. The summed E-state index contributed by atoms with van der Waals surface area (Å²) in [6.07, 6.45) is 1.03. The first-order valence-electron chi connectivity index (χ1n) is 4.36. The molecule has 3 heteroatoms. The van der Waals surface area contributed by atoms with E-state index in [9.17, 15) is 5.11 Å². The minimum atomic E-state index is -0.786. The molecule has 1 rings (SSSR count). The van der Waals surface area contributed by atoms with E-state index in [1.807, 2.05) is 18.2 Å². The lowest BCUT2D eigenvalue weighted by Crippen LogP contribution is -2.12. The smallest absolute Gasteiger partial charge is 0.0981 e. The van der Waals surface area contributed by atoms with Gasteiger partial charge in [0.25, 0.3) is 0 Å². The summed E-state index contributed by atoms with van der Waals surface area (Å²) in [5.41, 5.74) is 1.69. The Hall–Kier alpha value is -0.830. The average molecular weight is 213 g/mol. The van der Waals surface area contributed by atoms with E-state index in [4.69, 9.17) is 16.7 Å². The molecule has 0 saturated carbocycles. The van der Waals surface area contributed by atoms with Crippen molar-refractivity contribution in [2.45, 2.75) is 13.0 Å². The van der Waals surface area contributed by atoms with E-state index < -0.39 is 6.10 Å². The van der Waals surface area contributed by atoms with Crippen molar-refractivity contribution in [3.05, 3.63) is 40.4 Å². The first-order chi connectivity index (χ1) is 6.63.